The highest BCUT2D eigenvalue weighted by Crippen LogP contribution is 2.07. The Balaban J connectivity index is 2.81. The summed E-state index contributed by atoms with van der Waals surface area (Å²) in [5.74, 6) is 0. The Morgan fingerprint density at radius 1 is 1.55 bits per heavy atom. The van der Waals surface area contributed by atoms with Gasteiger partial charge < -0.3 is 11.5 Å². The van der Waals surface area contributed by atoms with Gasteiger partial charge in [-0.3, -0.25) is 4.98 Å². The van der Waals surface area contributed by atoms with Gasteiger partial charge in [0, 0.05) is 16.3 Å². The summed E-state index contributed by atoms with van der Waals surface area (Å²) in [6, 6.07) is 3.74. The van der Waals surface area contributed by atoms with E-state index in [1.165, 1.54) is 0 Å². The van der Waals surface area contributed by atoms with Crippen LogP contribution in [0.4, 0.5) is 0 Å². The number of pyridine rings is 1. The first-order valence-electron chi connectivity index (χ1n) is 3.31. The highest BCUT2D eigenvalue weighted by Gasteiger charge is 2.02. The van der Waals surface area contributed by atoms with Crippen molar-refractivity contribution in [3.63, 3.8) is 0 Å². The molecule has 0 unspecified atom stereocenters. The van der Waals surface area contributed by atoms with E-state index in [0.29, 0.717) is 6.54 Å². The van der Waals surface area contributed by atoms with Gasteiger partial charge in [0.15, 0.2) is 0 Å². The zero-order valence-electron chi connectivity index (χ0n) is 6.00. The molecule has 1 atom stereocenters. The molecule has 0 aliphatic heterocycles. The Morgan fingerprint density at radius 3 is 2.73 bits per heavy atom. The third kappa shape index (κ3) is 2.39. The lowest BCUT2D eigenvalue weighted by atomic mass is 10.2. The van der Waals surface area contributed by atoms with Crippen LogP contribution in [0.1, 0.15) is 11.7 Å². The summed E-state index contributed by atoms with van der Waals surface area (Å²) in [5, 5.41) is 0. The minimum atomic E-state index is -0.132. The second-order valence-electron chi connectivity index (χ2n) is 2.24. The first-order chi connectivity index (χ1) is 5.24. The summed E-state index contributed by atoms with van der Waals surface area (Å²) in [5.41, 5.74) is 11.9. The van der Waals surface area contributed by atoms with Crippen LogP contribution in [0.15, 0.2) is 18.3 Å². The van der Waals surface area contributed by atoms with Crippen molar-refractivity contribution < 1.29 is 0 Å². The summed E-state index contributed by atoms with van der Waals surface area (Å²) in [6.45, 7) is 0.438. The zero-order valence-corrected chi connectivity index (χ0v) is 8.15. The van der Waals surface area contributed by atoms with Crippen molar-refractivity contribution in [1.29, 1.82) is 0 Å². The highest BCUT2D eigenvalue weighted by atomic mass is 127. The molecule has 1 heterocycles. The number of aromatic nitrogens is 1. The number of rotatable bonds is 2. The Kier molecular flexibility index (Phi) is 3.22. The van der Waals surface area contributed by atoms with Crippen LogP contribution in [0.25, 0.3) is 0 Å². The summed E-state index contributed by atoms with van der Waals surface area (Å²) in [6.07, 6.45) is 1.78. The second kappa shape index (κ2) is 3.99. The molecule has 0 aliphatic rings. The van der Waals surface area contributed by atoms with Crippen molar-refractivity contribution in [3.05, 3.63) is 27.6 Å². The first kappa shape index (κ1) is 8.89. The Morgan fingerprint density at radius 2 is 2.27 bits per heavy atom. The Bertz CT molecular complexity index is 222. The molecule has 0 spiro atoms. The lowest BCUT2D eigenvalue weighted by molar-refractivity contribution is 0.710. The SMILES string of the molecule is NC[C@H](N)c1ccc(I)cn1. The van der Waals surface area contributed by atoms with Crippen molar-refractivity contribution in [2.24, 2.45) is 11.5 Å². The number of hydrogen-bond acceptors (Lipinski definition) is 3. The van der Waals surface area contributed by atoms with Crippen molar-refractivity contribution >= 4 is 22.6 Å². The van der Waals surface area contributed by atoms with Crippen LogP contribution in [0.2, 0.25) is 0 Å². The van der Waals surface area contributed by atoms with Crippen LogP contribution < -0.4 is 11.5 Å². The zero-order chi connectivity index (χ0) is 8.27. The van der Waals surface area contributed by atoms with Gasteiger partial charge in [0.25, 0.3) is 0 Å². The van der Waals surface area contributed by atoms with E-state index < -0.39 is 0 Å². The third-order valence-electron chi connectivity index (χ3n) is 1.38. The fourth-order valence-corrected chi connectivity index (χ4v) is 1.05. The van der Waals surface area contributed by atoms with Gasteiger partial charge in [-0.05, 0) is 34.7 Å². The fourth-order valence-electron chi connectivity index (χ4n) is 0.727. The van der Waals surface area contributed by atoms with E-state index in [9.17, 15) is 0 Å². The van der Waals surface area contributed by atoms with Crippen LogP contribution >= 0.6 is 22.6 Å². The minimum Gasteiger partial charge on any atom is -0.329 e. The van der Waals surface area contributed by atoms with E-state index in [1.807, 2.05) is 12.1 Å². The van der Waals surface area contributed by atoms with E-state index >= 15 is 0 Å². The highest BCUT2D eigenvalue weighted by molar-refractivity contribution is 14.1. The lowest BCUT2D eigenvalue weighted by Crippen LogP contribution is -2.21. The largest absolute Gasteiger partial charge is 0.329 e. The number of halogens is 1. The maximum absolute atomic E-state index is 5.65. The van der Waals surface area contributed by atoms with Crippen LogP contribution in [0, 0.1) is 3.57 Å². The van der Waals surface area contributed by atoms with Gasteiger partial charge in [-0.15, -0.1) is 0 Å². The molecule has 0 aliphatic carbocycles. The molecule has 4 heteroatoms. The molecule has 0 saturated heterocycles. The van der Waals surface area contributed by atoms with Crippen molar-refractivity contribution in [3.8, 4) is 0 Å². The van der Waals surface area contributed by atoms with Gasteiger partial charge in [-0.2, -0.15) is 0 Å². The van der Waals surface area contributed by atoms with E-state index in [1.54, 1.807) is 6.20 Å². The number of nitrogens with zero attached hydrogens (tertiary/aromatic N) is 1. The van der Waals surface area contributed by atoms with Gasteiger partial charge in [0.2, 0.25) is 0 Å². The monoisotopic (exact) mass is 263 g/mol. The molecule has 60 valence electrons. The molecular formula is C7H10IN3. The Labute approximate surface area is 79.3 Å². The normalized spacial score (nSPS) is 13.0. The number of hydrogen-bond donors (Lipinski definition) is 2. The molecule has 1 rings (SSSR count). The molecule has 0 aromatic carbocycles. The predicted molar refractivity (Wildman–Crippen MR) is 52.9 cm³/mol. The number of nitrogens with two attached hydrogens (primary N) is 2. The van der Waals surface area contributed by atoms with Crippen LogP contribution in [-0.4, -0.2) is 11.5 Å². The molecule has 3 nitrogen and oxygen atoms in total. The predicted octanol–water partition coefficient (Wildman–Crippen LogP) is 0.645. The van der Waals surface area contributed by atoms with Crippen molar-refractivity contribution in [2.75, 3.05) is 6.54 Å². The summed E-state index contributed by atoms with van der Waals surface area (Å²) < 4.78 is 1.11. The molecule has 4 N–H and O–H groups in total. The average molecular weight is 263 g/mol. The van der Waals surface area contributed by atoms with Gasteiger partial charge in [0.05, 0.1) is 11.7 Å². The van der Waals surface area contributed by atoms with E-state index in [4.69, 9.17) is 11.5 Å². The molecule has 1 aromatic heterocycles. The lowest BCUT2D eigenvalue weighted by Gasteiger charge is -2.06. The summed E-state index contributed by atoms with van der Waals surface area (Å²) >= 11 is 2.20. The van der Waals surface area contributed by atoms with Crippen LogP contribution in [0.3, 0.4) is 0 Å². The van der Waals surface area contributed by atoms with E-state index in [-0.39, 0.29) is 6.04 Å². The van der Waals surface area contributed by atoms with Gasteiger partial charge in [-0.1, -0.05) is 0 Å². The van der Waals surface area contributed by atoms with Gasteiger partial charge in [-0.25, -0.2) is 0 Å². The van der Waals surface area contributed by atoms with Gasteiger partial charge >= 0.3 is 0 Å². The molecule has 11 heavy (non-hydrogen) atoms. The van der Waals surface area contributed by atoms with E-state index in [2.05, 4.69) is 27.6 Å². The molecule has 0 amide bonds. The maximum atomic E-state index is 5.65. The quantitative estimate of drug-likeness (QED) is 0.770. The second-order valence-corrected chi connectivity index (χ2v) is 3.49. The minimum absolute atomic E-state index is 0.132. The standard InChI is InChI=1S/C7H10IN3/c8-5-1-2-7(11-4-5)6(10)3-9/h1-2,4,6H,3,9-10H2/t6-/m0/s1. The van der Waals surface area contributed by atoms with Crippen LogP contribution in [-0.2, 0) is 0 Å². The first-order valence-corrected chi connectivity index (χ1v) is 4.39. The van der Waals surface area contributed by atoms with Crippen molar-refractivity contribution in [2.45, 2.75) is 6.04 Å². The van der Waals surface area contributed by atoms with E-state index in [0.717, 1.165) is 9.26 Å². The van der Waals surface area contributed by atoms with Gasteiger partial charge in [0.1, 0.15) is 0 Å². The molecule has 1 aromatic rings. The topological polar surface area (TPSA) is 64.9 Å². The molecule has 0 bridgehead atoms. The maximum Gasteiger partial charge on any atom is 0.0594 e. The third-order valence-corrected chi connectivity index (χ3v) is 2.02. The molecule has 0 radical (unpaired) electrons. The molecule has 0 fully saturated rings. The average Bonchev–Trinajstić information content (AvgIpc) is 2.05. The molecular weight excluding hydrogens is 253 g/mol. The van der Waals surface area contributed by atoms with Crippen LogP contribution in [0.5, 0.6) is 0 Å². The smallest absolute Gasteiger partial charge is 0.0594 e. The Hall–Kier alpha value is -0.200. The molecule has 0 saturated carbocycles. The van der Waals surface area contributed by atoms with Crippen molar-refractivity contribution in [1.82, 2.24) is 4.98 Å². The fraction of sp³-hybridized carbons (Fsp3) is 0.286. The summed E-state index contributed by atoms with van der Waals surface area (Å²) in [4.78, 5) is 4.14. The summed E-state index contributed by atoms with van der Waals surface area (Å²) in [7, 11) is 0.